The first-order chi connectivity index (χ1) is 10.8. The Morgan fingerprint density at radius 2 is 1.96 bits per heavy atom. The number of hydrogen-bond acceptors (Lipinski definition) is 2. The molecule has 2 nitrogen and oxygen atoms in total. The fourth-order valence-corrected chi connectivity index (χ4v) is 2.98. The molecular formula is C21H34O2. The van der Waals surface area contributed by atoms with Gasteiger partial charge in [-0.05, 0) is 64.4 Å². The van der Waals surface area contributed by atoms with Gasteiger partial charge < -0.3 is 4.74 Å². The van der Waals surface area contributed by atoms with Gasteiger partial charge in [0.25, 0.3) is 0 Å². The minimum absolute atomic E-state index is 0.222. The van der Waals surface area contributed by atoms with E-state index in [2.05, 4.69) is 45.9 Å². The highest BCUT2D eigenvalue weighted by Gasteiger charge is 2.20. The fraction of sp³-hybridized carbons (Fsp3) is 0.667. The molecule has 0 aromatic heterocycles. The second-order valence-electron chi connectivity index (χ2n) is 7.55. The van der Waals surface area contributed by atoms with Crippen LogP contribution in [0.25, 0.3) is 0 Å². The summed E-state index contributed by atoms with van der Waals surface area (Å²) in [6.45, 7) is 10.8. The first-order valence-corrected chi connectivity index (χ1v) is 8.86. The maximum Gasteiger partial charge on any atom is 0.159 e. The zero-order valence-electron chi connectivity index (χ0n) is 15.8. The van der Waals surface area contributed by atoms with Crippen LogP contribution in [0.5, 0.6) is 0 Å². The van der Waals surface area contributed by atoms with Gasteiger partial charge in [-0.1, -0.05) is 43.2 Å². The molecule has 23 heavy (non-hydrogen) atoms. The minimum Gasteiger partial charge on any atom is -0.374 e. The molecule has 1 aliphatic rings. The molecule has 0 heterocycles. The number of carbonyl (C=O) groups excluding carboxylic acids is 1. The number of carbonyl (C=O) groups is 1. The molecule has 1 rings (SSSR count). The highest BCUT2D eigenvalue weighted by molar-refractivity contribution is 5.91. The standard InChI is InChI=1S/C21H34O2/c1-16(2)19-10-9-18(4)15-20(22)14-17(3)8-7-12-21(5,23-6)13-11-19/h8,11,13,15-16,19H,7,9-10,12,14H2,1-6H3/b13-11+,17-8+,18-15+/t19-,21-/m1/s1. The van der Waals surface area contributed by atoms with Crippen LogP contribution in [0, 0.1) is 11.8 Å². The van der Waals surface area contributed by atoms with Gasteiger partial charge in [0.05, 0.1) is 5.60 Å². The van der Waals surface area contributed by atoms with E-state index < -0.39 is 0 Å². The summed E-state index contributed by atoms with van der Waals surface area (Å²) in [6, 6.07) is 0. The fourth-order valence-electron chi connectivity index (χ4n) is 2.98. The number of ketones is 1. The van der Waals surface area contributed by atoms with Gasteiger partial charge in [-0.25, -0.2) is 0 Å². The molecule has 0 radical (unpaired) electrons. The largest absolute Gasteiger partial charge is 0.374 e. The summed E-state index contributed by atoms with van der Waals surface area (Å²) in [5.74, 6) is 1.33. The lowest BCUT2D eigenvalue weighted by molar-refractivity contribution is -0.114. The van der Waals surface area contributed by atoms with E-state index >= 15 is 0 Å². The van der Waals surface area contributed by atoms with Gasteiger partial charge in [0, 0.05) is 13.5 Å². The maximum atomic E-state index is 12.1. The van der Waals surface area contributed by atoms with Crippen LogP contribution >= 0.6 is 0 Å². The molecule has 0 fully saturated rings. The molecule has 2 atom stereocenters. The van der Waals surface area contributed by atoms with Crippen LogP contribution in [0.1, 0.15) is 66.7 Å². The number of ether oxygens (including phenoxy) is 1. The van der Waals surface area contributed by atoms with E-state index in [9.17, 15) is 4.79 Å². The molecule has 1 aliphatic carbocycles. The van der Waals surface area contributed by atoms with Crippen LogP contribution in [-0.2, 0) is 9.53 Å². The van der Waals surface area contributed by atoms with E-state index in [0.717, 1.165) is 31.3 Å². The zero-order chi connectivity index (χ0) is 17.5. The van der Waals surface area contributed by atoms with E-state index in [1.807, 2.05) is 13.0 Å². The molecule has 0 saturated heterocycles. The lowest BCUT2D eigenvalue weighted by Crippen LogP contribution is -2.24. The topological polar surface area (TPSA) is 26.3 Å². The Morgan fingerprint density at radius 3 is 2.57 bits per heavy atom. The summed E-state index contributed by atoms with van der Waals surface area (Å²) >= 11 is 0. The molecule has 0 aromatic rings. The Labute approximate surface area is 142 Å². The van der Waals surface area contributed by atoms with Gasteiger partial charge in [0.2, 0.25) is 0 Å². The molecule has 0 bridgehead atoms. The summed E-state index contributed by atoms with van der Waals surface area (Å²) < 4.78 is 5.75. The third kappa shape index (κ3) is 7.30. The van der Waals surface area contributed by atoms with Crippen molar-refractivity contribution in [2.45, 2.75) is 72.3 Å². The molecule has 2 heteroatoms. The molecule has 0 aliphatic heterocycles. The van der Waals surface area contributed by atoms with Crippen LogP contribution in [0.2, 0.25) is 0 Å². The molecule has 0 N–H and O–H groups in total. The predicted molar refractivity (Wildman–Crippen MR) is 98.5 cm³/mol. The van der Waals surface area contributed by atoms with Crippen LogP contribution < -0.4 is 0 Å². The number of rotatable bonds is 2. The summed E-state index contributed by atoms with van der Waals surface area (Å²) in [7, 11) is 1.78. The minimum atomic E-state index is -0.233. The third-order valence-corrected chi connectivity index (χ3v) is 4.88. The summed E-state index contributed by atoms with van der Waals surface area (Å²) in [5, 5.41) is 0. The highest BCUT2D eigenvalue weighted by Crippen LogP contribution is 2.26. The number of allylic oxidation sites excluding steroid dienone is 5. The van der Waals surface area contributed by atoms with Crippen LogP contribution in [0.15, 0.2) is 35.5 Å². The lowest BCUT2D eigenvalue weighted by Gasteiger charge is -2.26. The van der Waals surface area contributed by atoms with Gasteiger partial charge in [-0.2, -0.15) is 0 Å². The summed E-state index contributed by atoms with van der Waals surface area (Å²) in [5.41, 5.74) is 2.11. The van der Waals surface area contributed by atoms with Crippen molar-refractivity contribution in [3.63, 3.8) is 0 Å². The Hall–Kier alpha value is -1.15. The van der Waals surface area contributed by atoms with E-state index in [1.165, 1.54) is 5.57 Å². The van der Waals surface area contributed by atoms with Crippen molar-refractivity contribution in [3.05, 3.63) is 35.5 Å². The van der Waals surface area contributed by atoms with Crippen LogP contribution in [0.4, 0.5) is 0 Å². The van der Waals surface area contributed by atoms with Crippen molar-refractivity contribution in [3.8, 4) is 0 Å². The molecule has 0 aromatic carbocycles. The van der Waals surface area contributed by atoms with E-state index in [0.29, 0.717) is 18.3 Å². The van der Waals surface area contributed by atoms with Crippen LogP contribution in [-0.4, -0.2) is 18.5 Å². The Kier molecular flexibility index (Phi) is 7.98. The summed E-state index contributed by atoms with van der Waals surface area (Å²) in [4.78, 5) is 12.1. The number of methoxy groups -OCH3 is 1. The Balaban J connectivity index is 3.03. The van der Waals surface area contributed by atoms with E-state index in [1.54, 1.807) is 7.11 Å². The van der Waals surface area contributed by atoms with Gasteiger partial charge in [0.15, 0.2) is 5.78 Å². The first kappa shape index (κ1) is 19.9. The molecule has 130 valence electrons. The van der Waals surface area contributed by atoms with Gasteiger partial charge in [-0.3, -0.25) is 4.79 Å². The maximum absolute atomic E-state index is 12.1. The highest BCUT2D eigenvalue weighted by atomic mass is 16.5. The number of hydrogen-bond donors (Lipinski definition) is 0. The normalized spacial score (nSPS) is 34.2. The molecule has 0 spiro atoms. The predicted octanol–water partition coefficient (Wildman–Crippen LogP) is 5.65. The molecule has 0 unspecified atom stereocenters. The molecule has 0 saturated carbocycles. The average molecular weight is 319 g/mol. The van der Waals surface area contributed by atoms with Crippen molar-refractivity contribution >= 4 is 5.78 Å². The van der Waals surface area contributed by atoms with Crippen molar-refractivity contribution in [2.24, 2.45) is 11.8 Å². The van der Waals surface area contributed by atoms with E-state index in [4.69, 9.17) is 4.74 Å². The zero-order valence-corrected chi connectivity index (χ0v) is 15.8. The average Bonchev–Trinajstić information content (AvgIpc) is 2.45. The van der Waals surface area contributed by atoms with Gasteiger partial charge >= 0.3 is 0 Å². The monoisotopic (exact) mass is 318 g/mol. The molecular weight excluding hydrogens is 284 g/mol. The van der Waals surface area contributed by atoms with Gasteiger partial charge in [-0.15, -0.1) is 0 Å². The quantitative estimate of drug-likeness (QED) is 0.615. The van der Waals surface area contributed by atoms with Crippen molar-refractivity contribution in [1.29, 1.82) is 0 Å². The van der Waals surface area contributed by atoms with Crippen molar-refractivity contribution < 1.29 is 9.53 Å². The first-order valence-electron chi connectivity index (χ1n) is 8.86. The van der Waals surface area contributed by atoms with Gasteiger partial charge in [0.1, 0.15) is 0 Å². The Bertz CT molecular complexity index is 482. The second-order valence-corrected chi connectivity index (χ2v) is 7.55. The Morgan fingerprint density at radius 1 is 1.26 bits per heavy atom. The SMILES string of the molecule is CO[C@@]1(C)/C=C/[C@H](C(C)C)CC/C(C)=C/C(=O)C/C(C)=C/CC1. The summed E-state index contributed by atoms with van der Waals surface area (Å²) in [6.07, 6.45) is 13.0. The van der Waals surface area contributed by atoms with E-state index in [-0.39, 0.29) is 11.4 Å². The smallest absolute Gasteiger partial charge is 0.159 e. The molecule has 0 amide bonds. The second kappa shape index (κ2) is 9.22. The van der Waals surface area contributed by atoms with Crippen LogP contribution in [0.3, 0.4) is 0 Å². The van der Waals surface area contributed by atoms with Crippen molar-refractivity contribution in [1.82, 2.24) is 0 Å². The lowest BCUT2D eigenvalue weighted by atomic mass is 9.86. The van der Waals surface area contributed by atoms with Crippen molar-refractivity contribution in [2.75, 3.05) is 7.11 Å². The third-order valence-electron chi connectivity index (χ3n) is 4.88.